The van der Waals surface area contributed by atoms with Gasteiger partial charge < -0.3 is 0 Å². The number of rotatable bonds is 1. The molecule has 0 aliphatic carbocycles. The van der Waals surface area contributed by atoms with Crippen LogP contribution < -0.4 is 5.43 Å². The molecule has 3 heteroatoms. The number of hydrogen-bond acceptors (Lipinski definition) is 3. The summed E-state index contributed by atoms with van der Waals surface area (Å²) in [6, 6.07) is 4.61. The molecule has 64 valence electrons. The first-order chi connectivity index (χ1) is 5.88. The molecule has 0 saturated carbocycles. The van der Waals surface area contributed by atoms with Gasteiger partial charge in [0, 0.05) is 26.0 Å². The van der Waals surface area contributed by atoms with Crippen LogP contribution in [0.25, 0.3) is 0 Å². The molecule has 0 unspecified atom stereocenters. The Balaban J connectivity index is 2.19. The van der Waals surface area contributed by atoms with Crippen molar-refractivity contribution in [2.75, 3.05) is 13.6 Å². The lowest BCUT2D eigenvalue weighted by atomic mass is 10.1. The van der Waals surface area contributed by atoms with Gasteiger partial charge in [-0.05, 0) is 18.1 Å². The maximum absolute atomic E-state index is 4.11. The number of nitrogens with one attached hydrogen (secondary N) is 1. The van der Waals surface area contributed by atoms with E-state index in [4.69, 9.17) is 0 Å². The molecule has 1 N–H and O–H groups in total. The Kier molecular flexibility index (Phi) is 2.06. The second-order valence-electron chi connectivity index (χ2n) is 3.11. The maximum Gasteiger partial charge on any atom is 0.0517 e. The summed E-state index contributed by atoms with van der Waals surface area (Å²) in [6.07, 6.45) is 4.92. The Hall–Kier alpha value is -0.930. The number of pyridine rings is 1. The van der Waals surface area contributed by atoms with E-state index in [-0.39, 0.29) is 0 Å². The zero-order valence-corrected chi connectivity index (χ0v) is 7.20. The molecular formula is C9H13N3. The summed E-state index contributed by atoms with van der Waals surface area (Å²) in [5.41, 5.74) is 4.57. The minimum Gasteiger partial charge on any atom is -0.264 e. The van der Waals surface area contributed by atoms with Gasteiger partial charge in [-0.2, -0.15) is 0 Å². The van der Waals surface area contributed by atoms with Crippen molar-refractivity contribution in [2.45, 2.75) is 12.5 Å². The Morgan fingerprint density at radius 1 is 1.67 bits per heavy atom. The number of aromatic nitrogens is 1. The van der Waals surface area contributed by atoms with Crippen LogP contribution >= 0.6 is 0 Å². The highest BCUT2D eigenvalue weighted by Crippen LogP contribution is 2.23. The predicted molar refractivity (Wildman–Crippen MR) is 47.4 cm³/mol. The standard InChI is InChI=1S/C9H13N3/c1-12-9(4-6-11-12)8-3-2-5-10-7-8/h2-3,5,7,9,11H,4,6H2,1H3/t9-/m0/s1. The third-order valence-electron chi connectivity index (χ3n) is 2.32. The first kappa shape index (κ1) is 7.71. The average molecular weight is 163 g/mol. The second-order valence-corrected chi connectivity index (χ2v) is 3.11. The lowest BCUT2D eigenvalue weighted by Gasteiger charge is -2.18. The molecule has 12 heavy (non-hydrogen) atoms. The fraction of sp³-hybridized carbons (Fsp3) is 0.444. The average Bonchev–Trinajstić information content (AvgIpc) is 2.53. The lowest BCUT2D eigenvalue weighted by molar-refractivity contribution is 0.240. The molecule has 2 rings (SSSR count). The van der Waals surface area contributed by atoms with E-state index in [1.54, 1.807) is 0 Å². The van der Waals surface area contributed by atoms with Crippen LogP contribution in [0.1, 0.15) is 18.0 Å². The second kappa shape index (κ2) is 3.21. The fourth-order valence-electron chi connectivity index (χ4n) is 1.64. The van der Waals surface area contributed by atoms with Gasteiger partial charge >= 0.3 is 0 Å². The molecule has 1 aromatic rings. The van der Waals surface area contributed by atoms with E-state index in [0.717, 1.165) is 6.54 Å². The largest absolute Gasteiger partial charge is 0.264 e. The zero-order chi connectivity index (χ0) is 8.39. The van der Waals surface area contributed by atoms with Gasteiger partial charge in [0.05, 0.1) is 6.04 Å². The molecule has 1 atom stereocenters. The van der Waals surface area contributed by atoms with E-state index in [1.165, 1.54) is 12.0 Å². The van der Waals surface area contributed by atoms with Crippen LogP contribution in [-0.4, -0.2) is 23.6 Å². The van der Waals surface area contributed by atoms with E-state index in [9.17, 15) is 0 Å². The Labute approximate surface area is 72.4 Å². The molecule has 2 heterocycles. The molecule has 1 aliphatic rings. The molecule has 0 amide bonds. The summed E-state index contributed by atoms with van der Waals surface area (Å²) in [5, 5.41) is 2.15. The number of nitrogens with zero attached hydrogens (tertiary/aromatic N) is 2. The minimum absolute atomic E-state index is 0.499. The van der Waals surface area contributed by atoms with Crippen LogP contribution in [0.2, 0.25) is 0 Å². The van der Waals surface area contributed by atoms with Crippen LogP contribution in [0.15, 0.2) is 24.5 Å². The van der Waals surface area contributed by atoms with Crippen LogP contribution in [0, 0.1) is 0 Å². The van der Waals surface area contributed by atoms with Gasteiger partial charge in [-0.15, -0.1) is 0 Å². The summed E-state index contributed by atoms with van der Waals surface area (Å²) in [7, 11) is 2.07. The van der Waals surface area contributed by atoms with Gasteiger partial charge in [-0.1, -0.05) is 6.07 Å². The molecule has 0 spiro atoms. The third kappa shape index (κ3) is 1.33. The summed E-state index contributed by atoms with van der Waals surface area (Å²) < 4.78 is 0. The van der Waals surface area contributed by atoms with Crippen molar-refractivity contribution >= 4 is 0 Å². The quantitative estimate of drug-likeness (QED) is 0.668. The van der Waals surface area contributed by atoms with Crippen molar-refractivity contribution in [1.82, 2.24) is 15.4 Å². The molecule has 0 bridgehead atoms. The normalized spacial score (nSPS) is 24.6. The van der Waals surface area contributed by atoms with Crippen LogP contribution in [0.3, 0.4) is 0 Å². The third-order valence-corrected chi connectivity index (χ3v) is 2.32. The highest BCUT2D eigenvalue weighted by Gasteiger charge is 2.21. The van der Waals surface area contributed by atoms with E-state index >= 15 is 0 Å². The first-order valence-electron chi connectivity index (χ1n) is 4.24. The van der Waals surface area contributed by atoms with Gasteiger partial charge in [0.25, 0.3) is 0 Å². The summed E-state index contributed by atoms with van der Waals surface area (Å²) in [5.74, 6) is 0. The smallest absolute Gasteiger partial charge is 0.0517 e. The molecule has 1 aliphatic heterocycles. The van der Waals surface area contributed by atoms with Crippen molar-refractivity contribution in [3.05, 3.63) is 30.1 Å². The summed E-state index contributed by atoms with van der Waals surface area (Å²) in [6.45, 7) is 1.07. The molecule has 1 saturated heterocycles. The Morgan fingerprint density at radius 3 is 3.17 bits per heavy atom. The van der Waals surface area contributed by atoms with Gasteiger partial charge in [-0.25, -0.2) is 5.01 Å². The zero-order valence-electron chi connectivity index (χ0n) is 7.20. The van der Waals surface area contributed by atoms with Gasteiger partial charge in [-0.3, -0.25) is 10.4 Å². The van der Waals surface area contributed by atoms with E-state index in [0.29, 0.717) is 6.04 Å². The molecule has 3 nitrogen and oxygen atoms in total. The van der Waals surface area contributed by atoms with Crippen LogP contribution in [-0.2, 0) is 0 Å². The SMILES string of the molecule is CN1NCC[C@H]1c1cccnc1. The van der Waals surface area contributed by atoms with Crippen molar-refractivity contribution in [2.24, 2.45) is 0 Å². The van der Waals surface area contributed by atoms with Crippen molar-refractivity contribution in [3.63, 3.8) is 0 Å². The summed E-state index contributed by atoms with van der Waals surface area (Å²) >= 11 is 0. The van der Waals surface area contributed by atoms with E-state index in [1.807, 2.05) is 18.5 Å². The van der Waals surface area contributed by atoms with Gasteiger partial charge in [0.1, 0.15) is 0 Å². The van der Waals surface area contributed by atoms with Crippen molar-refractivity contribution in [1.29, 1.82) is 0 Å². The van der Waals surface area contributed by atoms with Crippen molar-refractivity contribution in [3.8, 4) is 0 Å². The molecule has 1 fully saturated rings. The molecule has 0 radical (unpaired) electrons. The first-order valence-corrected chi connectivity index (χ1v) is 4.24. The minimum atomic E-state index is 0.499. The lowest BCUT2D eigenvalue weighted by Crippen LogP contribution is -2.28. The highest BCUT2D eigenvalue weighted by atomic mass is 15.5. The summed E-state index contributed by atoms with van der Waals surface area (Å²) in [4.78, 5) is 4.11. The monoisotopic (exact) mass is 163 g/mol. The topological polar surface area (TPSA) is 28.2 Å². The molecular weight excluding hydrogens is 150 g/mol. The van der Waals surface area contributed by atoms with Crippen LogP contribution in [0.5, 0.6) is 0 Å². The van der Waals surface area contributed by atoms with Gasteiger partial charge in [0.2, 0.25) is 0 Å². The molecule has 0 aromatic carbocycles. The highest BCUT2D eigenvalue weighted by molar-refractivity contribution is 5.14. The van der Waals surface area contributed by atoms with Crippen LogP contribution in [0.4, 0.5) is 0 Å². The molecule has 1 aromatic heterocycles. The number of hydrogen-bond donors (Lipinski definition) is 1. The maximum atomic E-state index is 4.11. The number of hydrazine groups is 1. The fourth-order valence-corrected chi connectivity index (χ4v) is 1.64. The van der Waals surface area contributed by atoms with E-state index < -0.39 is 0 Å². The van der Waals surface area contributed by atoms with Gasteiger partial charge in [0.15, 0.2) is 0 Å². The predicted octanol–water partition coefficient (Wildman–Crippen LogP) is 0.963. The Morgan fingerprint density at radius 2 is 2.58 bits per heavy atom. The van der Waals surface area contributed by atoms with Crippen molar-refractivity contribution < 1.29 is 0 Å². The Bertz CT molecular complexity index is 247. The van der Waals surface area contributed by atoms with E-state index in [2.05, 4.69) is 28.5 Å².